The van der Waals surface area contributed by atoms with Gasteiger partial charge in [-0.15, -0.1) is 11.3 Å². The Bertz CT molecular complexity index is 516. The molecule has 2 rings (SSSR count). The molecule has 84 valence electrons. The van der Waals surface area contributed by atoms with Gasteiger partial charge in [0.2, 0.25) is 0 Å². The summed E-state index contributed by atoms with van der Waals surface area (Å²) in [6.45, 7) is 0. The van der Waals surface area contributed by atoms with Crippen molar-refractivity contribution in [2.45, 2.75) is 6.10 Å². The molecule has 0 spiro atoms. The quantitative estimate of drug-likeness (QED) is 0.914. The predicted molar refractivity (Wildman–Crippen MR) is 61.7 cm³/mol. The molecule has 0 amide bonds. The molecule has 2 aromatic heterocycles. The maximum absolute atomic E-state index is 10.9. The van der Waals surface area contributed by atoms with E-state index in [-0.39, 0.29) is 5.56 Å². The van der Waals surface area contributed by atoms with Gasteiger partial charge in [-0.25, -0.2) is 4.79 Å². The number of carboxylic acids is 1. The minimum absolute atomic E-state index is 0.102. The second-order valence-corrected chi connectivity index (χ2v) is 4.78. The van der Waals surface area contributed by atoms with E-state index in [0.717, 1.165) is 0 Å². The maximum atomic E-state index is 10.9. The Kier molecular flexibility index (Phi) is 3.13. The Balaban J connectivity index is 2.37. The molecule has 2 aromatic rings. The summed E-state index contributed by atoms with van der Waals surface area (Å²) in [6.07, 6.45) is -1.04. The highest BCUT2D eigenvalue weighted by Gasteiger charge is 2.22. The van der Waals surface area contributed by atoms with Gasteiger partial charge in [0.15, 0.2) is 4.67 Å². The van der Waals surface area contributed by atoms with Gasteiger partial charge in [-0.1, -0.05) is 0 Å². The second-order valence-electron chi connectivity index (χ2n) is 3.05. The Morgan fingerprint density at radius 2 is 2.19 bits per heavy atom. The van der Waals surface area contributed by atoms with Crippen LogP contribution in [-0.4, -0.2) is 16.2 Å². The number of halogens is 1. The summed E-state index contributed by atoms with van der Waals surface area (Å²) < 4.78 is 5.68. The van der Waals surface area contributed by atoms with E-state index in [9.17, 15) is 9.90 Å². The van der Waals surface area contributed by atoms with Gasteiger partial charge in [0.25, 0.3) is 0 Å². The smallest absolute Gasteiger partial charge is 0.336 e. The van der Waals surface area contributed by atoms with Crippen LogP contribution in [-0.2, 0) is 0 Å². The standard InChI is InChI=1S/C10H7BrO4S/c11-7-2-1-6(15-7)8(12)9-5(10(13)14)3-4-16-9/h1-4,8,12H,(H,13,14). The summed E-state index contributed by atoms with van der Waals surface area (Å²) in [5, 5.41) is 20.5. The molecule has 2 heterocycles. The fourth-order valence-electron chi connectivity index (χ4n) is 1.31. The summed E-state index contributed by atoms with van der Waals surface area (Å²) in [7, 11) is 0. The summed E-state index contributed by atoms with van der Waals surface area (Å²) in [5.74, 6) is -0.738. The zero-order valence-electron chi connectivity index (χ0n) is 7.88. The second kappa shape index (κ2) is 4.40. The third-order valence-electron chi connectivity index (χ3n) is 2.04. The maximum Gasteiger partial charge on any atom is 0.336 e. The fraction of sp³-hybridized carbons (Fsp3) is 0.100. The molecule has 0 aliphatic carbocycles. The lowest BCUT2D eigenvalue weighted by molar-refractivity contribution is 0.0691. The van der Waals surface area contributed by atoms with Gasteiger partial charge >= 0.3 is 5.97 Å². The van der Waals surface area contributed by atoms with Crippen LogP contribution in [0.4, 0.5) is 0 Å². The van der Waals surface area contributed by atoms with Crippen molar-refractivity contribution in [1.29, 1.82) is 0 Å². The lowest BCUT2D eigenvalue weighted by atomic mass is 10.1. The van der Waals surface area contributed by atoms with E-state index >= 15 is 0 Å². The van der Waals surface area contributed by atoms with Gasteiger partial charge in [-0.3, -0.25) is 0 Å². The van der Waals surface area contributed by atoms with Crippen molar-refractivity contribution in [3.8, 4) is 0 Å². The molecule has 4 nitrogen and oxygen atoms in total. The first-order chi connectivity index (χ1) is 7.59. The largest absolute Gasteiger partial charge is 0.478 e. The van der Waals surface area contributed by atoms with Crippen molar-refractivity contribution in [1.82, 2.24) is 0 Å². The molecule has 0 aromatic carbocycles. The molecule has 0 aliphatic rings. The highest BCUT2D eigenvalue weighted by molar-refractivity contribution is 9.10. The van der Waals surface area contributed by atoms with Crippen molar-refractivity contribution < 1.29 is 19.4 Å². The number of rotatable bonds is 3. The van der Waals surface area contributed by atoms with E-state index in [0.29, 0.717) is 15.3 Å². The number of aliphatic hydroxyl groups excluding tert-OH is 1. The summed E-state index contributed by atoms with van der Waals surface area (Å²) in [4.78, 5) is 11.2. The van der Waals surface area contributed by atoms with Crippen LogP contribution in [0.1, 0.15) is 27.1 Å². The van der Waals surface area contributed by atoms with Crippen LogP contribution in [0.2, 0.25) is 0 Å². The Labute approximate surface area is 103 Å². The first-order valence-electron chi connectivity index (χ1n) is 4.33. The molecule has 6 heteroatoms. The van der Waals surface area contributed by atoms with Gasteiger partial charge < -0.3 is 14.6 Å². The summed E-state index contributed by atoms with van der Waals surface area (Å²) in [6, 6.07) is 4.70. The first-order valence-corrected chi connectivity index (χ1v) is 6.01. The van der Waals surface area contributed by atoms with E-state index < -0.39 is 12.1 Å². The highest BCUT2D eigenvalue weighted by atomic mass is 79.9. The van der Waals surface area contributed by atoms with Crippen molar-refractivity contribution >= 4 is 33.2 Å². The average molecular weight is 303 g/mol. The monoisotopic (exact) mass is 302 g/mol. The summed E-state index contributed by atoms with van der Waals surface area (Å²) in [5.41, 5.74) is 0.102. The van der Waals surface area contributed by atoms with Crippen molar-refractivity contribution in [3.63, 3.8) is 0 Å². The molecule has 1 atom stereocenters. The van der Waals surface area contributed by atoms with E-state index in [1.54, 1.807) is 17.5 Å². The number of thiophene rings is 1. The van der Waals surface area contributed by atoms with Crippen LogP contribution < -0.4 is 0 Å². The molecule has 0 saturated heterocycles. The number of carboxylic acid groups (broad SMARTS) is 1. The molecule has 0 aliphatic heterocycles. The fourth-order valence-corrected chi connectivity index (χ4v) is 2.51. The predicted octanol–water partition coefficient (Wildman–Crippen LogP) is 2.88. The van der Waals surface area contributed by atoms with Crippen LogP contribution in [0.15, 0.2) is 32.7 Å². The number of furan rings is 1. The van der Waals surface area contributed by atoms with Crippen LogP contribution in [0.5, 0.6) is 0 Å². The molecule has 1 unspecified atom stereocenters. The molecular weight excluding hydrogens is 296 g/mol. The lowest BCUT2D eigenvalue weighted by Gasteiger charge is -2.06. The Morgan fingerprint density at radius 1 is 1.44 bits per heavy atom. The lowest BCUT2D eigenvalue weighted by Crippen LogP contribution is -2.03. The van der Waals surface area contributed by atoms with E-state index in [4.69, 9.17) is 9.52 Å². The third-order valence-corrected chi connectivity index (χ3v) is 3.43. The molecule has 16 heavy (non-hydrogen) atoms. The number of aliphatic hydroxyl groups is 1. The Hall–Kier alpha value is -1.11. The summed E-state index contributed by atoms with van der Waals surface area (Å²) >= 11 is 4.30. The van der Waals surface area contributed by atoms with Gasteiger partial charge in [0.1, 0.15) is 11.9 Å². The SMILES string of the molecule is O=C(O)c1ccsc1C(O)c1ccc(Br)o1. The van der Waals surface area contributed by atoms with Crippen molar-refractivity contribution in [2.24, 2.45) is 0 Å². The van der Waals surface area contributed by atoms with Crippen LogP contribution in [0.25, 0.3) is 0 Å². The topological polar surface area (TPSA) is 70.7 Å². The van der Waals surface area contributed by atoms with E-state index in [1.165, 1.54) is 17.4 Å². The van der Waals surface area contributed by atoms with Gasteiger partial charge in [0.05, 0.1) is 10.4 Å². The third kappa shape index (κ3) is 2.04. The number of aromatic carboxylic acids is 1. The molecule has 2 N–H and O–H groups in total. The van der Waals surface area contributed by atoms with Gasteiger partial charge in [-0.05, 0) is 39.5 Å². The van der Waals surface area contributed by atoms with E-state index in [1.807, 2.05) is 0 Å². The Morgan fingerprint density at radius 3 is 2.75 bits per heavy atom. The number of carbonyl (C=O) groups is 1. The normalized spacial score (nSPS) is 12.6. The minimum atomic E-state index is -1.05. The van der Waals surface area contributed by atoms with Crippen molar-refractivity contribution in [2.75, 3.05) is 0 Å². The van der Waals surface area contributed by atoms with Gasteiger partial charge in [-0.2, -0.15) is 0 Å². The molecule has 0 bridgehead atoms. The minimum Gasteiger partial charge on any atom is -0.478 e. The molecular formula is C10H7BrO4S. The zero-order chi connectivity index (χ0) is 11.7. The van der Waals surface area contributed by atoms with Crippen molar-refractivity contribution in [3.05, 3.63) is 44.4 Å². The van der Waals surface area contributed by atoms with E-state index in [2.05, 4.69) is 15.9 Å². The number of hydrogen-bond acceptors (Lipinski definition) is 4. The first kappa shape index (κ1) is 11.4. The molecule has 0 saturated carbocycles. The van der Waals surface area contributed by atoms with Crippen LogP contribution in [0.3, 0.4) is 0 Å². The van der Waals surface area contributed by atoms with Crippen LogP contribution >= 0.6 is 27.3 Å². The van der Waals surface area contributed by atoms with Crippen LogP contribution in [0, 0.1) is 0 Å². The average Bonchev–Trinajstić information content (AvgIpc) is 2.84. The number of hydrogen-bond donors (Lipinski definition) is 2. The molecule has 0 radical (unpaired) electrons. The molecule has 0 fully saturated rings. The zero-order valence-corrected chi connectivity index (χ0v) is 10.3. The van der Waals surface area contributed by atoms with Gasteiger partial charge in [0, 0.05) is 0 Å². The highest BCUT2D eigenvalue weighted by Crippen LogP contribution is 2.31.